The molecule has 0 bridgehead atoms. The molecule has 3 N–H and O–H groups in total. The fraction of sp³-hybridized carbons (Fsp3) is 0.263. The standard InChI is InChI=1S/C19H21FN4O2/c1-3-12(5-4-8-22-2)15(17(21)13-6-7-13)11-24-18(25)14-9-16(20)19(26)23-10-14/h3-5,8-10,13,21H,1,6-7,11H2,2H3,(H,23,26)(H,24,25)/b5-4-,15-12+,21-17?,22-8-. The fourth-order valence-corrected chi connectivity index (χ4v) is 2.32. The second kappa shape index (κ2) is 8.84. The van der Waals surface area contributed by atoms with Crippen LogP contribution >= 0.6 is 0 Å². The molecule has 6 nitrogen and oxygen atoms in total. The maximum atomic E-state index is 13.4. The van der Waals surface area contributed by atoms with Crippen molar-refractivity contribution in [3.05, 3.63) is 59.6 Å². The average molecular weight is 356 g/mol. The number of halogens is 1. The highest BCUT2D eigenvalue weighted by molar-refractivity contribution is 6.04. The molecule has 7 heteroatoms. The number of carbonyl (C=O) groups is 1. The van der Waals surface area contributed by atoms with Crippen LogP contribution in [0.4, 0.5) is 4.39 Å². The second-order valence-corrected chi connectivity index (χ2v) is 5.80. The van der Waals surface area contributed by atoms with Gasteiger partial charge in [-0.2, -0.15) is 0 Å². The lowest BCUT2D eigenvalue weighted by molar-refractivity contribution is 0.0956. The van der Waals surface area contributed by atoms with Gasteiger partial charge in [-0.25, -0.2) is 9.37 Å². The molecule has 0 saturated heterocycles. The molecular weight excluding hydrogens is 335 g/mol. The van der Waals surface area contributed by atoms with Crippen LogP contribution in [0.2, 0.25) is 0 Å². The van der Waals surface area contributed by atoms with Crippen LogP contribution in [0.15, 0.2) is 53.2 Å². The normalized spacial score (nSPS) is 15.2. The Labute approximate surface area is 151 Å². The van der Waals surface area contributed by atoms with Crippen LogP contribution in [0.1, 0.15) is 23.2 Å². The Balaban J connectivity index is 2.20. The van der Waals surface area contributed by atoms with Crippen molar-refractivity contribution in [2.75, 3.05) is 13.6 Å². The number of aromatic hydroxyl groups is 1. The van der Waals surface area contributed by atoms with Crippen LogP contribution in [-0.4, -0.2) is 41.5 Å². The summed E-state index contributed by atoms with van der Waals surface area (Å²) in [5, 5.41) is 20.1. The first-order valence-corrected chi connectivity index (χ1v) is 8.13. The molecule has 1 aliphatic carbocycles. The molecule has 1 saturated carbocycles. The van der Waals surface area contributed by atoms with Crippen LogP contribution in [-0.2, 0) is 0 Å². The third kappa shape index (κ3) is 4.95. The fourth-order valence-electron chi connectivity index (χ4n) is 2.32. The van der Waals surface area contributed by atoms with E-state index in [-0.39, 0.29) is 18.0 Å². The highest BCUT2D eigenvalue weighted by Crippen LogP contribution is 2.33. The number of nitrogens with zero attached hydrogens (tertiary/aromatic N) is 2. The van der Waals surface area contributed by atoms with Crippen LogP contribution in [0, 0.1) is 17.1 Å². The first-order valence-electron chi connectivity index (χ1n) is 8.13. The quantitative estimate of drug-likeness (QED) is 0.493. The Bertz CT molecular complexity index is 808. The molecule has 0 atom stereocenters. The Kier molecular flexibility index (Phi) is 6.54. The Morgan fingerprint density at radius 1 is 1.58 bits per heavy atom. The van der Waals surface area contributed by atoms with Crippen molar-refractivity contribution in [2.24, 2.45) is 10.9 Å². The molecule has 26 heavy (non-hydrogen) atoms. The predicted molar refractivity (Wildman–Crippen MR) is 99.4 cm³/mol. The minimum absolute atomic E-state index is 0.00795. The molecular formula is C19H21FN4O2. The van der Waals surface area contributed by atoms with Crippen molar-refractivity contribution >= 4 is 17.8 Å². The zero-order valence-corrected chi connectivity index (χ0v) is 14.5. The number of hydrogen-bond acceptors (Lipinski definition) is 5. The molecule has 0 radical (unpaired) electrons. The van der Waals surface area contributed by atoms with E-state index in [9.17, 15) is 9.18 Å². The van der Waals surface area contributed by atoms with Gasteiger partial charge in [0.05, 0.1) is 5.56 Å². The highest BCUT2D eigenvalue weighted by Gasteiger charge is 2.29. The summed E-state index contributed by atoms with van der Waals surface area (Å²) in [6, 6.07) is 0.916. The summed E-state index contributed by atoms with van der Waals surface area (Å²) >= 11 is 0. The van der Waals surface area contributed by atoms with Crippen molar-refractivity contribution in [1.29, 1.82) is 5.41 Å². The number of allylic oxidation sites excluding steroid dienone is 4. The number of nitrogens with one attached hydrogen (secondary N) is 2. The molecule has 1 aromatic heterocycles. The molecule has 0 aromatic carbocycles. The zero-order valence-electron chi connectivity index (χ0n) is 14.5. The van der Waals surface area contributed by atoms with Crippen molar-refractivity contribution in [2.45, 2.75) is 12.8 Å². The van der Waals surface area contributed by atoms with E-state index in [4.69, 9.17) is 10.5 Å². The number of rotatable bonds is 8. The number of pyridine rings is 1. The van der Waals surface area contributed by atoms with Gasteiger partial charge in [0.1, 0.15) is 0 Å². The van der Waals surface area contributed by atoms with Gasteiger partial charge in [0.15, 0.2) is 5.82 Å². The van der Waals surface area contributed by atoms with Gasteiger partial charge in [0, 0.05) is 37.6 Å². The minimum atomic E-state index is -0.965. The Hall–Kier alpha value is -3.09. The molecule has 1 heterocycles. The van der Waals surface area contributed by atoms with Gasteiger partial charge in [-0.1, -0.05) is 18.7 Å². The summed E-state index contributed by atoms with van der Waals surface area (Å²) in [6.07, 6.45) is 9.75. The first-order chi connectivity index (χ1) is 12.5. The number of aromatic nitrogens is 1. The molecule has 2 rings (SSSR count). The Morgan fingerprint density at radius 3 is 2.88 bits per heavy atom. The third-order valence-corrected chi connectivity index (χ3v) is 3.90. The van der Waals surface area contributed by atoms with E-state index in [0.29, 0.717) is 11.3 Å². The van der Waals surface area contributed by atoms with Gasteiger partial charge < -0.3 is 15.8 Å². The third-order valence-electron chi connectivity index (χ3n) is 3.90. The van der Waals surface area contributed by atoms with Crippen molar-refractivity contribution in [1.82, 2.24) is 10.3 Å². The maximum absolute atomic E-state index is 13.4. The van der Waals surface area contributed by atoms with Gasteiger partial charge >= 0.3 is 0 Å². The SMILES string of the molecule is C=CC(/C=C\C=N/C)=C(/CNC(=O)c1cnc(O)c(F)c1)C(=N)C1CC1. The first kappa shape index (κ1) is 19.2. The van der Waals surface area contributed by atoms with E-state index in [1.165, 1.54) is 0 Å². The molecule has 1 aliphatic rings. The highest BCUT2D eigenvalue weighted by atomic mass is 19.1. The van der Waals surface area contributed by atoms with Crippen LogP contribution < -0.4 is 5.32 Å². The lowest BCUT2D eigenvalue weighted by atomic mass is 9.99. The number of hydrogen-bond donors (Lipinski definition) is 3. The summed E-state index contributed by atoms with van der Waals surface area (Å²) in [5.74, 6) is -2.07. The predicted octanol–water partition coefficient (Wildman–Crippen LogP) is 2.83. The van der Waals surface area contributed by atoms with E-state index in [1.54, 1.807) is 31.5 Å². The molecule has 1 amide bonds. The lowest BCUT2D eigenvalue weighted by Gasteiger charge is -2.13. The van der Waals surface area contributed by atoms with Gasteiger partial charge in [-0.3, -0.25) is 9.79 Å². The average Bonchev–Trinajstić information content (AvgIpc) is 3.47. The summed E-state index contributed by atoms with van der Waals surface area (Å²) in [6.45, 7) is 3.88. The number of carbonyl (C=O) groups excluding carboxylic acids is 1. The van der Waals surface area contributed by atoms with Crippen molar-refractivity contribution < 1.29 is 14.3 Å². The molecule has 1 fully saturated rings. The largest absolute Gasteiger partial charge is 0.491 e. The molecule has 0 aliphatic heterocycles. The molecule has 136 valence electrons. The number of aliphatic imine (C=N–C) groups is 1. The van der Waals surface area contributed by atoms with Gasteiger partial charge in [0.25, 0.3) is 5.91 Å². The van der Waals surface area contributed by atoms with Gasteiger partial charge in [0.2, 0.25) is 5.88 Å². The summed E-state index contributed by atoms with van der Waals surface area (Å²) < 4.78 is 13.4. The van der Waals surface area contributed by atoms with Gasteiger partial charge in [-0.15, -0.1) is 0 Å². The van der Waals surface area contributed by atoms with Crippen molar-refractivity contribution in [3.63, 3.8) is 0 Å². The topological polar surface area (TPSA) is 98.4 Å². The van der Waals surface area contributed by atoms with Crippen LogP contribution in [0.3, 0.4) is 0 Å². The lowest BCUT2D eigenvalue weighted by Crippen LogP contribution is -2.29. The van der Waals surface area contributed by atoms with Crippen molar-refractivity contribution in [3.8, 4) is 5.88 Å². The zero-order chi connectivity index (χ0) is 19.1. The van der Waals surface area contributed by atoms with Gasteiger partial charge in [-0.05, 0) is 36.1 Å². The summed E-state index contributed by atoms with van der Waals surface area (Å²) in [5.41, 5.74) is 1.83. The monoisotopic (exact) mass is 356 g/mol. The molecule has 0 spiro atoms. The van der Waals surface area contributed by atoms with E-state index in [1.807, 2.05) is 0 Å². The maximum Gasteiger partial charge on any atom is 0.253 e. The van der Waals surface area contributed by atoms with Crippen LogP contribution in [0.5, 0.6) is 5.88 Å². The minimum Gasteiger partial charge on any atom is -0.491 e. The van der Waals surface area contributed by atoms with E-state index in [2.05, 4.69) is 21.9 Å². The smallest absolute Gasteiger partial charge is 0.253 e. The summed E-state index contributed by atoms with van der Waals surface area (Å²) in [4.78, 5) is 19.5. The molecule has 0 unspecified atom stereocenters. The molecule has 1 aromatic rings. The van der Waals surface area contributed by atoms with E-state index in [0.717, 1.165) is 30.7 Å². The second-order valence-electron chi connectivity index (χ2n) is 5.80. The van der Waals surface area contributed by atoms with E-state index >= 15 is 0 Å². The number of amides is 1. The Morgan fingerprint density at radius 2 is 2.31 bits per heavy atom. The summed E-state index contributed by atoms with van der Waals surface area (Å²) in [7, 11) is 1.65. The van der Waals surface area contributed by atoms with E-state index < -0.39 is 17.6 Å². The van der Waals surface area contributed by atoms with Crippen LogP contribution in [0.25, 0.3) is 0 Å².